The maximum absolute atomic E-state index is 12.4. The number of hydrogen-bond donors (Lipinski definition) is 3. The third kappa shape index (κ3) is 4.34. The fraction of sp³-hybridized carbons (Fsp3) is 0.200. The smallest absolute Gasteiger partial charge is 0.351 e. The second-order valence-corrected chi connectivity index (χ2v) is 6.44. The topological polar surface area (TPSA) is 135 Å². The Morgan fingerprint density at radius 3 is 2.52 bits per heavy atom. The van der Waals surface area contributed by atoms with Crippen molar-refractivity contribution in [2.45, 2.75) is 18.4 Å². The summed E-state index contributed by atoms with van der Waals surface area (Å²) in [6.07, 6.45) is -0.597. The molecule has 0 spiro atoms. The molecule has 150 valence electrons. The van der Waals surface area contributed by atoms with E-state index in [9.17, 15) is 19.5 Å². The number of carboxylic acids is 2. The Balaban J connectivity index is 1.72. The lowest BCUT2D eigenvalue weighted by Crippen LogP contribution is -2.42. The summed E-state index contributed by atoms with van der Waals surface area (Å²) in [5.41, 5.74) is -0.550. The largest absolute Gasteiger partial charge is 0.497 e. The van der Waals surface area contributed by atoms with Gasteiger partial charge in [0.25, 0.3) is 0 Å². The van der Waals surface area contributed by atoms with E-state index in [2.05, 4.69) is 10.5 Å². The Morgan fingerprint density at radius 1 is 1.17 bits per heavy atom. The average molecular weight is 398 g/mol. The number of hydrogen-bond acceptors (Lipinski definition) is 6. The summed E-state index contributed by atoms with van der Waals surface area (Å²) in [7, 11) is 1.53. The average Bonchev–Trinajstić information content (AvgIpc) is 3.13. The first-order valence-corrected chi connectivity index (χ1v) is 8.59. The lowest BCUT2D eigenvalue weighted by atomic mass is 9.90. The predicted molar refractivity (Wildman–Crippen MR) is 102 cm³/mol. The second kappa shape index (κ2) is 8.01. The monoisotopic (exact) mass is 398 g/mol. The van der Waals surface area contributed by atoms with Gasteiger partial charge in [0.05, 0.1) is 24.8 Å². The van der Waals surface area contributed by atoms with Crippen LogP contribution in [0.15, 0.2) is 53.7 Å². The van der Waals surface area contributed by atoms with Crippen LogP contribution >= 0.6 is 0 Å². The van der Waals surface area contributed by atoms with Crippen molar-refractivity contribution in [2.75, 3.05) is 12.4 Å². The van der Waals surface area contributed by atoms with E-state index in [1.54, 1.807) is 24.3 Å². The van der Waals surface area contributed by atoms with Gasteiger partial charge in [0.2, 0.25) is 11.5 Å². The van der Waals surface area contributed by atoms with Crippen molar-refractivity contribution in [2.24, 2.45) is 5.16 Å². The van der Waals surface area contributed by atoms with E-state index in [4.69, 9.17) is 14.7 Å². The number of aromatic carboxylic acids is 1. The molecule has 1 aliphatic rings. The number of rotatable bonds is 7. The zero-order chi connectivity index (χ0) is 21.0. The van der Waals surface area contributed by atoms with E-state index >= 15 is 0 Å². The normalized spacial score (nSPS) is 17.8. The number of oxime groups is 1. The minimum absolute atomic E-state index is 0.00186. The van der Waals surface area contributed by atoms with Gasteiger partial charge in [-0.1, -0.05) is 11.2 Å². The predicted octanol–water partition coefficient (Wildman–Crippen LogP) is 2.37. The van der Waals surface area contributed by atoms with Crippen molar-refractivity contribution in [3.05, 3.63) is 59.7 Å². The third-order valence-electron chi connectivity index (χ3n) is 4.44. The van der Waals surface area contributed by atoms with Crippen LogP contribution in [0.1, 0.15) is 28.8 Å². The van der Waals surface area contributed by atoms with Crippen LogP contribution < -0.4 is 10.1 Å². The maximum atomic E-state index is 12.4. The Labute approximate surface area is 165 Å². The van der Waals surface area contributed by atoms with E-state index in [1.165, 1.54) is 31.4 Å². The number of methoxy groups -OCH3 is 1. The first-order chi connectivity index (χ1) is 13.8. The van der Waals surface area contributed by atoms with Crippen molar-refractivity contribution in [3.63, 3.8) is 0 Å². The number of nitrogens with zero attached hydrogens (tertiary/aromatic N) is 1. The first kappa shape index (κ1) is 19.9. The number of aliphatic carboxylic acids is 1. The summed E-state index contributed by atoms with van der Waals surface area (Å²) < 4.78 is 5.09. The van der Waals surface area contributed by atoms with Gasteiger partial charge in [-0.2, -0.15) is 0 Å². The molecule has 1 heterocycles. The highest BCUT2D eigenvalue weighted by molar-refractivity contribution is 6.06. The van der Waals surface area contributed by atoms with Gasteiger partial charge < -0.3 is 25.1 Å². The molecule has 3 N–H and O–H groups in total. The van der Waals surface area contributed by atoms with Gasteiger partial charge in [-0.25, -0.2) is 9.59 Å². The van der Waals surface area contributed by atoms with Crippen molar-refractivity contribution >= 4 is 29.2 Å². The van der Waals surface area contributed by atoms with Gasteiger partial charge in [0.1, 0.15) is 5.75 Å². The number of ether oxygens (including phenoxy) is 1. The molecule has 0 saturated carbocycles. The summed E-state index contributed by atoms with van der Waals surface area (Å²) in [5, 5.41) is 25.1. The minimum Gasteiger partial charge on any atom is -0.497 e. The van der Waals surface area contributed by atoms with Crippen LogP contribution in [-0.4, -0.2) is 46.5 Å². The van der Waals surface area contributed by atoms with Crippen molar-refractivity contribution < 1.29 is 34.2 Å². The zero-order valence-electron chi connectivity index (χ0n) is 15.4. The molecule has 2 aromatic rings. The molecule has 1 amide bonds. The SMILES string of the molecule is COc1ccc(C2=NO[C@](CC(=O)Nc3cccc(C(=O)O)c3)(C(=O)O)C2)cc1. The third-order valence-corrected chi connectivity index (χ3v) is 4.44. The Kier molecular flexibility index (Phi) is 5.49. The molecule has 2 aromatic carbocycles. The van der Waals surface area contributed by atoms with Crippen LogP contribution in [0.25, 0.3) is 0 Å². The Hall–Kier alpha value is -3.88. The molecule has 0 saturated heterocycles. The first-order valence-electron chi connectivity index (χ1n) is 8.59. The fourth-order valence-electron chi connectivity index (χ4n) is 2.90. The zero-order valence-corrected chi connectivity index (χ0v) is 15.4. The summed E-state index contributed by atoms with van der Waals surface area (Å²) in [6, 6.07) is 12.5. The molecule has 9 heteroatoms. The molecule has 9 nitrogen and oxygen atoms in total. The van der Waals surface area contributed by atoms with E-state index in [0.717, 1.165) is 0 Å². The highest BCUT2D eigenvalue weighted by Crippen LogP contribution is 2.31. The number of amides is 1. The van der Waals surface area contributed by atoms with Crippen LogP contribution in [-0.2, 0) is 14.4 Å². The van der Waals surface area contributed by atoms with Gasteiger partial charge in [-0.15, -0.1) is 0 Å². The molecule has 0 unspecified atom stereocenters. The van der Waals surface area contributed by atoms with Crippen LogP contribution in [0.2, 0.25) is 0 Å². The highest BCUT2D eigenvalue weighted by Gasteiger charge is 2.49. The number of carbonyl (C=O) groups is 3. The van der Waals surface area contributed by atoms with Crippen LogP contribution in [0.4, 0.5) is 5.69 Å². The molecular formula is C20H18N2O7. The van der Waals surface area contributed by atoms with Gasteiger partial charge in [0, 0.05) is 12.1 Å². The fourth-order valence-corrected chi connectivity index (χ4v) is 2.90. The van der Waals surface area contributed by atoms with Crippen molar-refractivity contribution in [1.29, 1.82) is 0 Å². The van der Waals surface area contributed by atoms with Gasteiger partial charge in [-0.05, 0) is 48.0 Å². The van der Waals surface area contributed by atoms with Crippen LogP contribution in [0.5, 0.6) is 5.75 Å². The van der Waals surface area contributed by atoms with E-state index in [-0.39, 0.29) is 17.7 Å². The molecule has 1 aliphatic heterocycles. The molecule has 1 atom stereocenters. The van der Waals surface area contributed by atoms with Crippen molar-refractivity contribution in [3.8, 4) is 5.75 Å². The summed E-state index contributed by atoms with van der Waals surface area (Å²) in [6.45, 7) is 0. The number of nitrogens with one attached hydrogen (secondary N) is 1. The number of carboxylic acid groups (broad SMARTS) is 2. The van der Waals surface area contributed by atoms with E-state index < -0.39 is 29.9 Å². The summed E-state index contributed by atoms with van der Waals surface area (Å²) in [5.74, 6) is -2.46. The molecule has 0 radical (unpaired) electrons. The quantitative estimate of drug-likeness (QED) is 0.652. The number of carbonyl (C=O) groups excluding carboxylic acids is 1. The van der Waals surface area contributed by atoms with E-state index in [0.29, 0.717) is 17.0 Å². The van der Waals surface area contributed by atoms with Gasteiger partial charge >= 0.3 is 11.9 Å². The molecule has 0 fully saturated rings. The van der Waals surface area contributed by atoms with Crippen molar-refractivity contribution in [1.82, 2.24) is 0 Å². The van der Waals surface area contributed by atoms with Gasteiger partial charge in [-0.3, -0.25) is 4.79 Å². The maximum Gasteiger partial charge on any atom is 0.351 e. The second-order valence-electron chi connectivity index (χ2n) is 6.44. The van der Waals surface area contributed by atoms with Crippen LogP contribution in [0, 0.1) is 0 Å². The van der Waals surface area contributed by atoms with Crippen LogP contribution in [0.3, 0.4) is 0 Å². The number of benzene rings is 2. The number of anilines is 1. The molecule has 0 aliphatic carbocycles. The molecule has 0 bridgehead atoms. The standard InChI is InChI=1S/C20H18N2O7/c1-28-15-7-5-12(6-8-15)16-10-20(19(26)27,29-22-16)11-17(23)21-14-4-2-3-13(9-14)18(24)25/h2-9H,10-11H2,1H3,(H,21,23)(H,24,25)(H,26,27)/t20-/m1/s1. The highest BCUT2D eigenvalue weighted by atomic mass is 16.7. The molecule has 0 aromatic heterocycles. The minimum atomic E-state index is -1.84. The Morgan fingerprint density at radius 2 is 1.90 bits per heavy atom. The van der Waals surface area contributed by atoms with Gasteiger partial charge in [0.15, 0.2) is 0 Å². The lowest BCUT2D eigenvalue weighted by Gasteiger charge is -2.21. The Bertz CT molecular complexity index is 985. The molecular weight excluding hydrogens is 380 g/mol. The molecule has 29 heavy (non-hydrogen) atoms. The summed E-state index contributed by atoms with van der Waals surface area (Å²) in [4.78, 5) is 40.5. The lowest BCUT2D eigenvalue weighted by molar-refractivity contribution is -0.165. The summed E-state index contributed by atoms with van der Waals surface area (Å²) >= 11 is 0. The molecule has 3 rings (SSSR count). The van der Waals surface area contributed by atoms with E-state index in [1.807, 2.05) is 0 Å².